The third-order valence-corrected chi connectivity index (χ3v) is 2.19. The van der Waals surface area contributed by atoms with Crippen LogP contribution in [0.15, 0.2) is 0 Å². The normalized spacial score (nSPS) is 28.2. The molecule has 3 nitrogen and oxygen atoms in total. The van der Waals surface area contributed by atoms with E-state index in [9.17, 15) is 0 Å². The van der Waals surface area contributed by atoms with E-state index in [4.69, 9.17) is 11.1 Å². The Kier molecular flexibility index (Phi) is 1.75. The molecule has 0 aromatic carbocycles. The second kappa shape index (κ2) is 2.37. The molecular weight excluding hydrogens is 122 g/mol. The highest BCUT2D eigenvalue weighted by atomic mass is 32.2. The number of amidine groups is 1. The standard InChI is InChI=1S/C4H9N3S/c5-3(6)4-7-1-2-8-4/h4,7H,1-2H2,(H3,5,6)/t4-/m0/s1. The molecule has 46 valence electrons. The number of thioether (sulfide) groups is 1. The van der Waals surface area contributed by atoms with Crippen LogP contribution < -0.4 is 11.1 Å². The van der Waals surface area contributed by atoms with Gasteiger partial charge in [-0.2, -0.15) is 0 Å². The van der Waals surface area contributed by atoms with E-state index in [0.717, 1.165) is 12.3 Å². The van der Waals surface area contributed by atoms with Crippen LogP contribution in [0, 0.1) is 5.41 Å². The monoisotopic (exact) mass is 131 g/mol. The SMILES string of the molecule is N=C(N)[C@H]1NCCS1. The van der Waals surface area contributed by atoms with Crippen LogP contribution in [0.5, 0.6) is 0 Å². The average Bonchev–Trinajstić information content (AvgIpc) is 2.12. The topological polar surface area (TPSA) is 61.9 Å². The van der Waals surface area contributed by atoms with Gasteiger partial charge in [-0.05, 0) is 0 Å². The highest BCUT2D eigenvalue weighted by molar-refractivity contribution is 8.00. The first kappa shape index (κ1) is 5.91. The van der Waals surface area contributed by atoms with Gasteiger partial charge in [0, 0.05) is 12.3 Å². The minimum absolute atomic E-state index is 0.0926. The van der Waals surface area contributed by atoms with Crippen molar-refractivity contribution in [3.05, 3.63) is 0 Å². The van der Waals surface area contributed by atoms with Gasteiger partial charge in [-0.1, -0.05) is 0 Å². The largest absolute Gasteiger partial charge is 0.386 e. The van der Waals surface area contributed by atoms with Crippen LogP contribution in [0.1, 0.15) is 0 Å². The Balaban J connectivity index is 2.35. The minimum atomic E-state index is 0.0926. The molecule has 1 saturated heterocycles. The maximum Gasteiger partial charge on any atom is 0.119 e. The van der Waals surface area contributed by atoms with Crippen molar-refractivity contribution in [2.45, 2.75) is 5.37 Å². The Morgan fingerprint density at radius 3 is 2.88 bits per heavy atom. The summed E-state index contributed by atoms with van der Waals surface area (Å²) < 4.78 is 0. The second-order valence-electron chi connectivity index (χ2n) is 1.66. The van der Waals surface area contributed by atoms with Crippen molar-refractivity contribution in [3.8, 4) is 0 Å². The van der Waals surface area contributed by atoms with Crippen LogP contribution >= 0.6 is 11.8 Å². The Morgan fingerprint density at radius 2 is 2.62 bits per heavy atom. The molecule has 0 aliphatic carbocycles. The zero-order valence-corrected chi connectivity index (χ0v) is 5.29. The molecule has 0 spiro atoms. The van der Waals surface area contributed by atoms with Gasteiger partial charge in [0.05, 0.1) is 0 Å². The molecule has 8 heavy (non-hydrogen) atoms. The van der Waals surface area contributed by atoms with E-state index in [-0.39, 0.29) is 11.2 Å². The van der Waals surface area contributed by atoms with Crippen LogP contribution in [0.2, 0.25) is 0 Å². The lowest BCUT2D eigenvalue weighted by atomic mass is 10.6. The maximum absolute atomic E-state index is 6.99. The molecule has 0 saturated carbocycles. The summed E-state index contributed by atoms with van der Waals surface area (Å²) in [5.41, 5.74) is 5.20. The lowest BCUT2D eigenvalue weighted by molar-refractivity contribution is 0.820. The molecule has 0 bridgehead atoms. The summed E-state index contributed by atoms with van der Waals surface area (Å²) in [7, 11) is 0. The predicted octanol–water partition coefficient (Wildman–Crippen LogP) is -0.415. The first-order chi connectivity index (χ1) is 3.80. The maximum atomic E-state index is 6.99. The molecule has 4 heteroatoms. The van der Waals surface area contributed by atoms with Gasteiger partial charge in [0.25, 0.3) is 0 Å². The molecule has 0 radical (unpaired) electrons. The zero-order chi connectivity index (χ0) is 5.98. The summed E-state index contributed by atoms with van der Waals surface area (Å²) in [6, 6.07) is 0. The quantitative estimate of drug-likeness (QED) is 0.335. The Morgan fingerprint density at radius 1 is 1.88 bits per heavy atom. The summed E-state index contributed by atoms with van der Waals surface area (Å²) in [6.45, 7) is 0.981. The lowest BCUT2D eigenvalue weighted by Crippen LogP contribution is -2.33. The van der Waals surface area contributed by atoms with Crippen molar-refractivity contribution in [3.63, 3.8) is 0 Å². The van der Waals surface area contributed by atoms with Gasteiger partial charge in [-0.25, -0.2) is 0 Å². The van der Waals surface area contributed by atoms with Crippen molar-refractivity contribution < 1.29 is 0 Å². The van der Waals surface area contributed by atoms with E-state index in [2.05, 4.69) is 5.32 Å². The molecule has 1 atom stereocenters. The average molecular weight is 131 g/mol. The van der Waals surface area contributed by atoms with Crippen LogP contribution in [0.4, 0.5) is 0 Å². The molecule has 0 aromatic rings. The van der Waals surface area contributed by atoms with E-state index in [1.165, 1.54) is 0 Å². The summed E-state index contributed by atoms with van der Waals surface area (Å²) in [5.74, 6) is 1.32. The number of hydrogen-bond acceptors (Lipinski definition) is 3. The number of rotatable bonds is 1. The fraction of sp³-hybridized carbons (Fsp3) is 0.750. The molecule has 1 rings (SSSR count). The minimum Gasteiger partial charge on any atom is -0.386 e. The third kappa shape index (κ3) is 1.14. The van der Waals surface area contributed by atoms with E-state index in [0.29, 0.717) is 0 Å². The third-order valence-electron chi connectivity index (χ3n) is 0.999. The van der Waals surface area contributed by atoms with Gasteiger partial charge in [-0.15, -0.1) is 11.8 Å². The molecule has 0 amide bonds. The Labute approximate surface area is 52.5 Å². The van der Waals surface area contributed by atoms with E-state index in [1.54, 1.807) is 11.8 Å². The van der Waals surface area contributed by atoms with E-state index < -0.39 is 0 Å². The number of hydrogen-bond donors (Lipinski definition) is 3. The summed E-state index contributed by atoms with van der Waals surface area (Å²) >= 11 is 1.69. The van der Waals surface area contributed by atoms with Crippen LogP contribution in [-0.4, -0.2) is 23.5 Å². The van der Waals surface area contributed by atoms with E-state index >= 15 is 0 Å². The van der Waals surface area contributed by atoms with Gasteiger partial charge >= 0.3 is 0 Å². The number of nitrogens with one attached hydrogen (secondary N) is 2. The van der Waals surface area contributed by atoms with Crippen molar-refractivity contribution in [2.75, 3.05) is 12.3 Å². The molecule has 0 aromatic heterocycles. The number of nitrogens with two attached hydrogens (primary N) is 1. The molecule has 1 aliphatic heterocycles. The van der Waals surface area contributed by atoms with Crippen molar-refractivity contribution in [1.82, 2.24) is 5.32 Å². The highest BCUT2D eigenvalue weighted by Crippen LogP contribution is 2.11. The molecule has 1 heterocycles. The van der Waals surface area contributed by atoms with Crippen molar-refractivity contribution in [1.29, 1.82) is 5.41 Å². The molecule has 4 N–H and O–H groups in total. The Hall–Kier alpha value is -0.220. The van der Waals surface area contributed by atoms with Crippen LogP contribution in [0.25, 0.3) is 0 Å². The van der Waals surface area contributed by atoms with Crippen LogP contribution in [-0.2, 0) is 0 Å². The van der Waals surface area contributed by atoms with Crippen LogP contribution in [0.3, 0.4) is 0 Å². The van der Waals surface area contributed by atoms with Gasteiger partial charge in [0.2, 0.25) is 0 Å². The zero-order valence-electron chi connectivity index (χ0n) is 4.48. The summed E-state index contributed by atoms with van der Waals surface area (Å²) in [5, 5.41) is 10.1. The van der Waals surface area contributed by atoms with Crippen molar-refractivity contribution in [2.24, 2.45) is 5.73 Å². The van der Waals surface area contributed by atoms with Crippen molar-refractivity contribution >= 4 is 17.6 Å². The summed E-state index contributed by atoms with van der Waals surface area (Å²) in [4.78, 5) is 0. The summed E-state index contributed by atoms with van der Waals surface area (Å²) in [6.07, 6.45) is 0. The first-order valence-electron chi connectivity index (χ1n) is 2.49. The van der Waals surface area contributed by atoms with E-state index in [1.807, 2.05) is 0 Å². The van der Waals surface area contributed by atoms with Gasteiger partial charge in [-0.3, -0.25) is 10.7 Å². The fourth-order valence-electron chi connectivity index (χ4n) is 0.625. The van der Waals surface area contributed by atoms with Gasteiger partial charge in [0.1, 0.15) is 11.2 Å². The first-order valence-corrected chi connectivity index (χ1v) is 3.54. The predicted molar refractivity (Wildman–Crippen MR) is 36.2 cm³/mol. The molecule has 1 fully saturated rings. The highest BCUT2D eigenvalue weighted by Gasteiger charge is 2.15. The molecular formula is C4H9N3S. The molecule has 1 aliphatic rings. The smallest absolute Gasteiger partial charge is 0.119 e. The van der Waals surface area contributed by atoms with Gasteiger partial charge < -0.3 is 5.73 Å². The molecule has 0 unspecified atom stereocenters. The van der Waals surface area contributed by atoms with Gasteiger partial charge in [0.15, 0.2) is 0 Å². The lowest BCUT2D eigenvalue weighted by Gasteiger charge is -2.03. The Bertz CT molecular complexity index is 97.5. The second-order valence-corrected chi connectivity index (χ2v) is 2.87. The fourth-order valence-corrected chi connectivity index (χ4v) is 1.51.